The van der Waals surface area contributed by atoms with Gasteiger partial charge in [0.2, 0.25) is 11.9 Å². The van der Waals surface area contributed by atoms with Crippen LogP contribution in [0.2, 0.25) is 0 Å². The van der Waals surface area contributed by atoms with Gasteiger partial charge in [0.25, 0.3) is 0 Å². The van der Waals surface area contributed by atoms with Crippen LogP contribution in [0.4, 0.5) is 16.7 Å². The molecule has 1 aliphatic heterocycles. The maximum atomic E-state index is 12.4. The number of carbonyl (C=O) groups is 1. The molecule has 1 saturated heterocycles. The number of nitrogens with one attached hydrogen (secondary N) is 3. The molecule has 1 amide bonds. The van der Waals surface area contributed by atoms with E-state index >= 15 is 0 Å². The number of alkyl carbamates (subject to hydrolysis) is 1. The van der Waals surface area contributed by atoms with E-state index in [1.54, 1.807) is 10.7 Å². The number of benzene rings is 1. The van der Waals surface area contributed by atoms with E-state index in [9.17, 15) is 4.79 Å². The van der Waals surface area contributed by atoms with Crippen molar-refractivity contribution >= 4 is 48.0 Å². The van der Waals surface area contributed by atoms with E-state index in [-0.39, 0.29) is 5.54 Å². The van der Waals surface area contributed by atoms with Crippen LogP contribution in [0.25, 0.3) is 16.7 Å². The lowest BCUT2D eigenvalue weighted by molar-refractivity contribution is 0.0498. The minimum Gasteiger partial charge on any atom is -0.444 e. The highest BCUT2D eigenvalue weighted by atomic mass is 16.6. The third kappa shape index (κ3) is 4.02. The Balaban J connectivity index is 1.23. The molecule has 4 aromatic rings. The quantitative estimate of drug-likeness (QED) is 0.374. The topological polar surface area (TPSA) is 125 Å². The van der Waals surface area contributed by atoms with Crippen LogP contribution in [0.1, 0.15) is 33.0 Å². The molecule has 3 N–H and O–H groups in total. The number of aromatic nitrogens is 6. The minimum absolute atomic E-state index is 0.314. The SMILES string of the molecule is [B]c1cnn2c(NCc3nc4ccccc4[nH]3)nc(N3CC4CC4(NC(=O)OC(C)(C)C)C3)nc12. The molecule has 0 spiro atoms. The van der Waals surface area contributed by atoms with Gasteiger partial charge in [-0.25, -0.2) is 9.78 Å². The van der Waals surface area contributed by atoms with Crippen molar-refractivity contribution in [2.75, 3.05) is 23.3 Å². The van der Waals surface area contributed by atoms with Gasteiger partial charge in [-0.15, -0.1) is 0 Å². The number of piperidine rings is 1. The molecule has 1 saturated carbocycles. The number of para-hydroxylation sites is 2. The van der Waals surface area contributed by atoms with Gasteiger partial charge in [0.1, 0.15) is 19.3 Å². The lowest BCUT2D eigenvalue weighted by atomic mass is 10.0. The minimum atomic E-state index is -0.544. The average Bonchev–Trinajstić information content (AvgIpc) is 3.14. The molecule has 0 bridgehead atoms. The van der Waals surface area contributed by atoms with Gasteiger partial charge < -0.3 is 25.3 Å². The number of imidazole rings is 1. The summed E-state index contributed by atoms with van der Waals surface area (Å²) >= 11 is 0. The summed E-state index contributed by atoms with van der Waals surface area (Å²) in [6, 6.07) is 7.87. The van der Waals surface area contributed by atoms with Crippen molar-refractivity contribution in [3.8, 4) is 0 Å². The first-order chi connectivity index (χ1) is 16.7. The lowest BCUT2D eigenvalue weighted by Crippen LogP contribution is -2.45. The van der Waals surface area contributed by atoms with E-state index in [0.29, 0.717) is 42.0 Å². The fraction of sp³-hybridized carbons (Fsp3) is 0.435. The zero-order valence-electron chi connectivity index (χ0n) is 19.9. The zero-order valence-corrected chi connectivity index (χ0v) is 19.9. The predicted octanol–water partition coefficient (Wildman–Crippen LogP) is 1.51. The number of fused-ring (bicyclic) bond motifs is 3. The summed E-state index contributed by atoms with van der Waals surface area (Å²) in [5.41, 5.74) is 2.01. The van der Waals surface area contributed by atoms with Crippen molar-refractivity contribution in [1.82, 2.24) is 34.9 Å². The largest absolute Gasteiger partial charge is 0.444 e. The summed E-state index contributed by atoms with van der Waals surface area (Å²) in [5.74, 6) is 2.15. The van der Waals surface area contributed by atoms with Crippen molar-refractivity contribution in [1.29, 1.82) is 0 Å². The molecule has 2 fully saturated rings. The maximum Gasteiger partial charge on any atom is 0.408 e. The number of carbonyl (C=O) groups excluding carboxylic acids is 1. The molecule has 6 rings (SSSR count). The van der Waals surface area contributed by atoms with Crippen LogP contribution >= 0.6 is 0 Å². The highest BCUT2D eigenvalue weighted by Gasteiger charge is 2.62. The molecule has 1 aliphatic carbocycles. The Morgan fingerprint density at radius 1 is 1.29 bits per heavy atom. The molecule has 2 atom stereocenters. The smallest absolute Gasteiger partial charge is 0.408 e. The van der Waals surface area contributed by atoms with Crippen LogP contribution in [0.3, 0.4) is 0 Å². The van der Waals surface area contributed by atoms with Crippen LogP contribution in [-0.4, -0.2) is 67.7 Å². The number of rotatable bonds is 5. The first-order valence-corrected chi connectivity index (χ1v) is 11.6. The summed E-state index contributed by atoms with van der Waals surface area (Å²) in [6.45, 7) is 7.33. The molecule has 178 valence electrons. The molecule has 11 nitrogen and oxygen atoms in total. The average molecular weight is 471 g/mol. The van der Waals surface area contributed by atoms with Crippen molar-refractivity contribution in [2.24, 2.45) is 5.92 Å². The van der Waals surface area contributed by atoms with E-state index in [1.165, 1.54) is 0 Å². The molecule has 2 radical (unpaired) electrons. The van der Waals surface area contributed by atoms with E-state index in [0.717, 1.165) is 29.8 Å². The molecule has 2 unspecified atom stereocenters. The molecular weight excluding hydrogens is 445 g/mol. The molecule has 4 heterocycles. The van der Waals surface area contributed by atoms with E-state index in [4.69, 9.17) is 17.6 Å². The first kappa shape index (κ1) is 21.7. The van der Waals surface area contributed by atoms with E-state index < -0.39 is 11.7 Å². The highest BCUT2D eigenvalue weighted by Crippen LogP contribution is 2.50. The molecule has 2 aliphatic rings. The number of hydrogen-bond donors (Lipinski definition) is 3. The van der Waals surface area contributed by atoms with Crippen LogP contribution in [0, 0.1) is 5.92 Å². The van der Waals surface area contributed by atoms with Crippen molar-refractivity contribution < 1.29 is 9.53 Å². The number of hydrogen-bond acceptors (Lipinski definition) is 8. The number of ether oxygens (including phenoxy) is 1. The number of H-pyrrole nitrogens is 1. The summed E-state index contributed by atoms with van der Waals surface area (Å²) in [7, 11) is 6.15. The molecule has 12 heteroatoms. The third-order valence-corrected chi connectivity index (χ3v) is 6.41. The second-order valence-corrected chi connectivity index (χ2v) is 10.3. The summed E-state index contributed by atoms with van der Waals surface area (Å²) < 4.78 is 7.05. The zero-order chi connectivity index (χ0) is 24.4. The Morgan fingerprint density at radius 2 is 2.11 bits per heavy atom. The van der Waals surface area contributed by atoms with Gasteiger partial charge >= 0.3 is 6.09 Å². The van der Waals surface area contributed by atoms with Gasteiger partial charge in [0.05, 0.1) is 23.1 Å². The maximum absolute atomic E-state index is 12.4. The molecular formula is C23H26BN9O2. The Hall–Kier alpha value is -3.83. The van der Waals surface area contributed by atoms with Crippen molar-refractivity contribution in [3.63, 3.8) is 0 Å². The number of nitrogens with zero attached hydrogens (tertiary/aromatic N) is 6. The Bertz CT molecular complexity index is 1410. The van der Waals surface area contributed by atoms with E-state index in [1.807, 2.05) is 45.0 Å². The normalized spacial score (nSPS) is 21.3. The number of aromatic amines is 1. The van der Waals surface area contributed by atoms with Gasteiger partial charge in [0, 0.05) is 25.2 Å². The van der Waals surface area contributed by atoms with Gasteiger partial charge in [-0.3, -0.25) is 0 Å². The second kappa shape index (κ2) is 7.59. The third-order valence-electron chi connectivity index (χ3n) is 6.41. The second-order valence-electron chi connectivity index (χ2n) is 10.3. The monoisotopic (exact) mass is 471 g/mol. The standard InChI is InChI=1S/C23H26BN9O2/c1-22(2,3)35-21(34)31-23-8-13(23)11-32(12-23)20-29-18-14(24)9-26-33(18)19(30-20)25-10-17-27-15-6-4-5-7-16(15)28-17/h4-7,9,13H,8,10-12H2,1-3H3,(H,27,28)(H,31,34)(H,25,29,30). The van der Waals surface area contributed by atoms with Crippen LogP contribution < -0.4 is 21.0 Å². The number of amides is 1. The van der Waals surface area contributed by atoms with E-state index in [2.05, 4.69) is 35.6 Å². The molecule has 1 aromatic carbocycles. The summed E-state index contributed by atoms with van der Waals surface area (Å²) in [6.07, 6.45) is 2.08. The Kier molecular flexibility index (Phi) is 4.70. The van der Waals surface area contributed by atoms with Gasteiger partial charge in [-0.1, -0.05) is 12.1 Å². The predicted molar refractivity (Wildman–Crippen MR) is 132 cm³/mol. The molecule has 35 heavy (non-hydrogen) atoms. The van der Waals surface area contributed by atoms with Crippen LogP contribution in [0.15, 0.2) is 30.5 Å². The summed E-state index contributed by atoms with van der Waals surface area (Å²) in [4.78, 5) is 31.8. The Labute approximate surface area is 203 Å². The number of anilines is 2. The lowest BCUT2D eigenvalue weighted by Gasteiger charge is -2.24. The van der Waals surface area contributed by atoms with Crippen LogP contribution in [-0.2, 0) is 11.3 Å². The van der Waals surface area contributed by atoms with Crippen molar-refractivity contribution in [2.45, 2.75) is 44.9 Å². The van der Waals surface area contributed by atoms with Crippen LogP contribution in [0.5, 0.6) is 0 Å². The van der Waals surface area contributed by atoms with Gasteiger partial charge in [-0.2, -0.15) is 19.6 Å². The highest BCUT2D eigenvalue weighted by molar-refractivity contribution is 6.36. The fourth-order valence-electron chi connectivity index (χ4n) is 4.73. The fourth-order valence-corrected chi connectivity index (χ4v) is 4.73. The first-order valence-electron chi connectivity index (χ1n) is 11.6. The summed E-state index contributed by atoms with van der Waals surface area (Å²) in [5, 5.41) is 10.7. The van der Waals surface area contributed by atoms with Crippen molar-refractivity contribution in [3.05, 3.63) is 36.3 Å². The van der Waals surface area contributed by atoms with Gasteiger partial charge in [-0.05, 0) is 44.8 Å². The van der Waals surface area contributed by atoms with Gasteiger partial charge in [0.15, 0.2) is 5.65 Å². The molecule has 3 aromatic heterocycles. The Morgan fingerprint density at radius 3 is 2.91 bits per heavy atom.